The highest BCUT2D eigenvalue weighted by atomic mass is 32.2. The van der Waals surface area contributed by atoms with Gasteiger partial charge in [-0.1, -0.05) is 12.1 Å². The fourth-order valence-electron chi connectivity index (χ4n) is 2.28. The number of alkyl halides is 3. The van der Waals surface area contributed by atoms with Gasteiger partial charge < -0.3 is 11.1 Å². The minimum Gasteiger partial charge on any atom is -0.381 e. The first-order valence-electron chi connectivity index (χ1n) is 6.31. The molecule has 1 aliphatic carbocycles. The zero-order valence-corrected chi connectivity index (χ0v) is 11.2. The van der Waals surface area contributed by atoms with Crippen LogP contribution in [0.15, 0.2) is 29.2 Å². The van der Waals surface area contributed by atoms with E-state index < -0.39 is 5.51 Å². The molecule has 0 spiro atoms. The van der Waals surface area contributed by atoms with Crippen LogP contribution in [-0.4, -0.2) is 17.6 Å². The SMILES string of the molecule is NC1CCC(Nc2ccccc2SC(F)(F)F)CC1. The number of benzene rings is 1. The van der Waals surface area contributed by atoms with Crippen LogP contribution in [0.3, 0.4) is 0 Å². The van der Waals surface area contributed by atoms with Crippen LogP contribution in [0.5, 0.6) is 0 Å². The molecule has 0 unspecified atom stereocenters. The lowest BCUT2D eigenvalue weighted by molar-refractivity contribution is -0.0327. The Morgan fingerprint density at radius 2 is 1.74 bits per heavy atom. The van der Waals surface area contributed by atoms with Gasteiger partial charge in [-0.15, -0.1) is 0 Å². The fourth-order valence-corrected chi connectivity index (χ4v) is 2.92. The van der Waals surface area contributed by atoms with Gasteiger partial charge in [0.05, 0.1) is 0 Å². The molecule has 2 rings (SSSR count). The van der Waals surface area contributed by atoms with Crippen molar-refractivity contribution in [2.24, 2.45) is 5.73 Å². The first-order valence-corrected chi connectivity index (χ1v) is 7.12. The first-order chi connectivity index (χ1) is 8.94. The molecule has 1 aromatic rings. The van der Waals surface area contributed by atoms with Gasteiger partial charge in [-0.2, -0.15) is 13.2 Å². The summed E-state index contributed by atoms with van der Waals surface area (Å²) in [6, 6.07) is 7.01. The van der Waals surface area contributed by atoms with Gasteiger partial charge in [0.1, 0.15) is 0 Å². The van der Waals surface area contributed by atoms with Gasteiger partial charge >= 0.3 is 5.51 Å². The molecule has 0 amide bonds. The number of rotatable bonds is 3. The summed E-state index contributed by atoms with van der Waals surface area (Å²) < 4.78 is 37.4. The maximum Gasteiger partial charge on any atom is 0.446 e. The van der Waals surface area contributed by atoms with Crippen molar-refractivity contribution in [3.05, 3.63) is 24.3 Å². The molecule has 1 saturated carbocycles. The van der Waals surface area contributed by atoms with Gasteiger partial charge in [-0.05, 0) is 49.6 Å². The van der Waals surface area contributed by atoms with Crippen molar-refractivity contribution in [2.75, 3.05) is 5.32 Å². The van der Waals surface area contributed by atoms with Crippen LogP contribution >= 0.6 is 11.8 Å². The Bertz CT molecular complexity index is 415. The first kappa shape index (κ1) is 14.5. The summed E-state index contributed by atoms with van der Waals surface area (Å²) in [6.45, 7) is 0. The van der Waals surface area contributed by atoms with Crippen molar-refractivity contribution in [1.82, 2.24) is 0 Å². The zero-order chi connectivity index (χ0) is 13.9. The number of nitrogens with two attached hydrogens (primary N) is 1. The van der Waals surface area contributed by atoms with Crippen LogP contribution in [0.4, 0.5) is 18.9 Å². The number of hydrogen-bond acceptors (Lipinski definition) is 3. The number of anilines is 1. The molecule has 6 heteroatoms. The van der Waals surface area contributed by atoms with E-state index in [0.717, 1.165) is 25.7 Å². The van der Waals surface area contributed by atoms with Crippen molar-refractivity contribution in [2.45, 2.75) is 48.2 Å². The van der Waals surface area contributed by atoms with Crippen LogP contribution in [0.1, 0.15) is 25.7 Å². The third-order valence-electron chi connectivity index (χ3n) is 3.24. The Morgan fingerprint density at radius 1 is 1.11 bits per heavy atom. The van der Waals surface area contributed by atoms with Gasteiger partial charge in [-0.25, -0.2) is 0 Å². The number of thioether (sulfide) groups is 1. The molecule has 1 aromatic carbocycles. The second-order valence-electron chi connectivity index (χ2n) is 4.80. The zero-order valence-electron chi connectivity index (χ0n) is 10.4. The number of nitrogens with one attached hydrogen (secondary N) is 1. The Morgan fingerprint density at radius 3 is 2.37 bits per heavy atom. The molecular formula is C13H17F3N2S. The fraction of sp³-hybridized carbons (Fsp3) is 0.538. The second kappa shape index (κ2) is 6.05. The average Bonchev–Trinajstić information content (AvgIpc) is 2.33. The molecule has 0 aromatic heterocycles. The van der Waals surface area contributed by atoms with Crippen molar-refractivity contribution in [3.63, 3.8) is 0 Å². The molecule has 0 heterocycles. The Labute approximate surface area is 114 Å². The molecular weight excluding hydrogens is 273 g/mol. The number of hydrogen-bond donors (Lipinski definition) is 2. The predicted molar refractivity (Wildman–Crippen MR) is 72.2 cm³/mol. The lowest BCUT2D eigenvalue weighted by Crippen LogP contribution is -2.32. The van der Waals surface area contributed by atoms with E-state index in [4.69, 9.17) is 5.73 Å². The van der Waals surface area contributed by atoms with Gasteiger partial charge in [0.15, 0.2) is 0 Å². The van der Waals surface area contributed by atoms with E-state index in [1.54, 1.807) is 18.2 Å². The van der Waals surface area contributed by atoms with E-state index >= 15 is 0 Å². The highest BCUT2D eigenvalue weighted by Crippen LogP contribution is 2.40. The molecule has 19 heavy (non-hydrogen) atoms. The Kier molecular flexibility index (Phi) is 4.62. The van der Waals surface area contributed by atoms with Crippen LogP contribution in [0, 0.1) is 0 Å². The van der Waals surface area contributed by atoms with Crippen LogP contribution < -0.4 is 11.1 Å². The van der Waals surface area contributed by atoms with E-state index in [1.165, 1.54) is 6.07 Å². The topological polar surface area (TPSA) is 38.0 Å². The van der Waals surface area contributed by atoms with E-state index in [-0.39, 0.29) is 28.7 Å². The Hall–Kier alpha value is -0.880. The van der Waals surface area contributed by atoms with Crippen molar-refractivity contribution in [3.8, 4) is 0 Å². The van der Waals surface area contributed by atoms with Gasteiger partial charge in [0, 0.05) is 22.7 Å². The monoisotopic (exact) mass is 290 g/mol. The molecule has 0 bridgehead atoms. The summed E-state index contributed by atoms with van der Waals surface area (Å²) in [5.41, 5.74) is 2.13. The van der Waals surface area contributed by atoms with Crippen molar-refractivity contribution in [1.29, 1.82) is 0 Å². The lowest BCUT2D eigenvalue weighted by Gasteiger charge is -2.28. The second-order valence-corrected chi connectivity index (χ2v) is 5.91. The molecule has 1 aliphatic rings. The van der Waals surface area contributed by atoms with E-state index in [9.17, 15) is 13.2 Å². The van der Waals surface area contributed by atoms with Crippen LogP contribution in [-0.2, 0) is 0 Å². The molecule has 0 aliphatic heterocycles. The third-order valence-corrected chi connectivity index (χ3v) is 4.05. The highest BCUT2D eigenvalue weighted by Gasteiger charge is 2.30. The molecule has 0 radical (unpaired) electrons. The van der Waals surface area contributed by atoms with E-state index in [0.29, 0.717) is 5.69 Å². The quantitative estimate of drug-likeness (QED) is 0.827. The van der Waals surface area contributed by atoms with Gasteiger partial charge in [0.25, 0.3) is 0 Å². The van der Waals surface area contributed by atoms with Gasteiger partial charge in [0.2, 0.25) is 0 Å². The van der Waals surface area contributed by atoms with Crippen LogP contribution in [0.25, 0.3) is 0 Å². The molecule has 0 saturated heterocycles. The summed E-state index contributed by atoms with van der Waals surface area (Å²) in [7, 11) is 0. The van der Waals surface area contributed by atoms with E-state index in [1.807, 2.05) is 0 Å². The molecule has 1 fully saturated rings. The molecule has 2 nitrogen and oxygen atoms in total. The maximum absolute atomic E-state index is 12.5. The molecule has 3 N–H and O–H groups in total. The highest BCUT2D eigenvalue weighted by molar-refractivity contribution is 8.00. The standard InChI is InChI=1S/C13H17F3N2S/c14-13(15,16)19-12-4-2-1-3-11(12)18-10-7-5-9(17)6-8-10/h1-4,9-10,18H,5-8,17H2. The van der Waals surface area contributed by atoms with E-state index in [2.05, 4.69) is 5.32 Å². The summed E-state index contributed by atoms with van der Waals surface area (Å²) in [6.07, 6.45) is 3.66. The summed E-state index contributed by atoms with van der Waals surface area (Å²) in [4.78, 5) is 0.227. The molecule has 106 valence electrons. The number of halogens is 3. The molecule has 0 atom stereocenters. The Balaban J connectivity index is 2.03. The summed E-state index contributed by atoms with van der Waals surface area (Å²) in [5.74, 6) is 0. The minimum atomic E-state index is -4.26. The normalized spacial score (nSPS) is 24.2. The van der Waals surface area contributed by atoms with Crippen LogP contribution in [0.2, 0.25) is 0 Å². The smallest absolute Gasteiger partial charge is 0.381 e. The predicted octanol–water partition coefficient (Wildman–Crippen LogP) is 3.98. The minimum absolute atomic E-state index is 0.0707. The maximum atomic E-state index is 12.5. The van der Waals surface area contributed by atoms with Crippen molar-refractivity contribution < 1.29 is 13.2 Å². The summed E-state index contributed by atoms with van der Waals surface area (Å²) in [5, 5.41) is 3.22. The lowest BCUT2D eigenvalue weighted by atomic mass is 9.92. The third kappa shape index (κ3) is 4.62. The largest absolute Gasteiger partial charge is 0.446 e. The number of para-hydroxylation sites is 1. The van der Waals surface area contributed by atoms with Gasteiger partial charge in [-0.3, -0.25) is 0 Å². The van der Waals surface area contributed by atoms with Crippen molar-refractivity contribution >= 4 is 17.4 Å². The summed E-state index contributed by atoms with van der Waals surface area (Å²) >= 11 is -0.0707. The average molecular weight is 290 g/mol.